The predicted molar refractivity (Wildman–Crippen MR) is 87.4 cm³/mol. The lowest BCUT2D eigenvalue weighted by molar-refractivity contribution is 0.0703. The van der Waals surface area contributed by atoms with Crippen LogP contribution in [0.1, 0.15) is 34.8 Å². The lowest BCUT2D eigenvalue weighted by Gasteiger charge is -2.32. The summed E-state index contributed by atoms with van der Waals surface area (Å²) in [5.41, 5.74) is 2.14. The summed E-state index contributed by atoms with van der Waals surface area (Å²) in [5, 5.41) is 0. The Morgan fingerprint density at radius 2 is 1.86 bits per heavy atom. The van der Waals surface area contributed by atoms with Crippen molar-refractivity contribution in [1.82, 2.24) is 9.47 Å². The number of nitrogens with zero attached hydrogens (tertiary/aromatic N) is 2. The van der Waals surface area contributed by atoms with Crippen LogP contribution in [0.2, 0.25) is 0 Å². The number of rotatable bonds is 2. The van der Waals surface area contributed by atoms with E-state index in [0.29, 0.717) is 5.92 Å². The van der Waals surface area contributed by atoms with E-state index in [1.807, 2.05) is 28.8 Å². The average Bonchev–Trinajstić information content (AvgIpc) is 2.86. The van der Waals surface area contributed by atoms with Gasteiger partial charge < -0.3 is 9.47 Å². The number of carbonyl (C=O) groups excluding carboxylic acids is 1. The number of aromatic nitrogens is 1. The fourth-order valence-electron chi connectivity index (χ4n) is 3.04. The highest BCUT2D eigenvalue weighted by Gasteiger charge is 2.25. The smallest absolute Gasteiger partial charge is 0.270 e. The van der Waals surface area contributed by atoms with Crippen molar-refractivity contribution in [3.8, 4) is 0 Å². The van der Waals surface area contributed by atoms with Gasteiger partial charge in [-0.3, -0.25) is 4.79 Å². The summed E-state index contributed by atoms with van der Waals surface area (Å²) in [6.07, 6.45) is 4.01. The van der Waals surface area contributed by atoms with E-state index in [1.54, 1.807) is 0 Å². The maximum atomic E-state index is 12.6. The van der Waals surface area contributed by atoms with Crippen molar-refractivity contribution in [3.05, 3.63) is 58.3 Å². The van der Waals surface area contributed by atoms with Gasteiger partial charge in [0, 0.05) is 30.8 Å². The van der Waals surface area contributed by atoms with Gasteiger partial charge in [0.1, 0.15) is 5.69 Å². The number of amides is 1. The Kier molecular flexibility index (Phi) is 4.15. The van der Waals surface area contributed by atoms with Gasteiger partial charge in [0.15, 0.2) is 0 Å². The van der Waals surface area contributed by atoms with E-state index >= 15 is 0 Å². The summed E-state index contributed by atoms with van der Waals surface area (Å²) in [4.78, 5) is 14.5. The van der Waals surface area contributed by atoms with Crippen molar-refractivity contribution in [2.24, 2.45) is 7.05 Å². The van der Waals surface area contributed by atoms with Crippen LogP contribution in [0, 0.1) is 0 Å². The Morgan fingerprint density at radius 3 is 2.43 bits per heavy atom. The van der Waals surface area contributed by atoms with Crippen molar-refractivity contribution >= 4 is 21.8 Å². The van der Waals surface area contributed by atoms with Gasteiger partial charge in [-0.25, -0.2) is 0 Å². The number of hydrogen-bond acceptors (Lipinski definition) is 1. The molecule has 110 valence electrons. The predicted octanol–water partition coefficient (Wildman–Crippen LogP) is 3.81. The molecule has 1 fully saturated rings. The van der Waals surface area contributed by atoms with Gasteiger partial charge in [-0.05, 0) is 46.3 Å². The van der Waals surface area contributed by atoms with Gasteiger partial charge in [0.05, 0.1) is 0 Å². The van der Waals surface area contributed by atoms with E-state index < -0.39 is 0 Å². The summed E-state index contributed by atoms with van der Waals surface area (Å²) < 4.78 is 2.84. The molecule has 4 heteroatoms. The largest absolute Gasteiger partial charge is 0.345 e. The maximum Gasteiger partial charge on any atom is 0.270 e. The fourth-order valence-corrected chi connectivity index (χ4v) is 3.56. The highest BCUT2D eigenvalue weighted by Crippen LogP contribution is 2.28. The molecule has 1 aromatic carbocycles. The second kappa shape index (κ2) is 6.06. The van der Waals surface area contributed by atoms with Gasteiger partial charge in [-0.15, -0.1) is 0 Å². The van der Waals surface area contributed by atoms with Gasteiger partial charge >= 0.3 is 0 Å². The fraction of sp³-hybridized carbons (Fsp3) is 0.353. The van der Waals surface area contributed by atoms with Crippen LogP contribution in [0.5, 0.6) is 0 Å². The number of benzene rings is 1. The van der Waals surface area contributed by atoms with Crippen molar-refractivity contribution < 1.29 is 4.79 Å². The maximum absolute atomic E-state index is 12.6. The number of halogens is 1. The number of likely N-dealkylation sites (tertiary alicyclic amines) is 1. The van der Waals surface area contributed by atoms with Gasteiger partial charge in [0.25, 0.3) is 5.91 Å². The van der Waals surface area contributed by atoms with Crippen LogP contribution in [0.4, 0.5) is 0 Å². The molecule has 0 bridgehead atoms. The molecule has 1 aliphatic rings. The molecule has 0 saturated carbocycles. The topological polar surface area (TPSA) is 25.2 Å². The molecule has 0 unspecified atom stereocenters. The molecule has 0 aliphatic carbocycles. The molecule has 2 aromatic rings. The zero-order valence-corrected chi connectivity index (χ0v) is 13.7. The summed E-state index contributed by atoms with van der Waals surface area (Å²) in [6.45, 7) is 1.67. The van der Waals surface area contributed by atoms with Crippen LogP contribution >= 0.6 is 15.9 Å². The van der Waals surface area contributed by atoms with E-state index in [9.17, 15) is 4.79 Å². The molecule has 0 N–H and O–H groups in total. The normalized spacial score (nSPS) is 16.2. The van der Waals surface area contributed by atoms with E-state index in [4.69, 9.17) is 0 Å². The highest BCUT2D eigenvalue weighted by atomic mass is 79.9. The van der Waals surface area contributed by atoms with E-state index in [2.05, 4.69) is 46.3 Å². The number of piperidine rings is 1. The minimum Gasteiger partial charge on any atom is -0.345 e. The van der Waals surface area contributed by atoms with Crippen molar-refractivity contribution in [1.29, 1.82) is 0 Å². The first-order valence-corrected chi connectivity index (χ1v) is 8.10. The molecule has 1 aromatic heterocycles. The first-order chi connectivity index (χ1) is 10.1. The summed E-state index contributed by atoms with van der Waals surface area (Å²) in [6, 6.07) is 12.5. The van der Waals surface area contributed by atoms with Crippen molar-refractivity contribution in [2.75, 3.05) is 13.1 Å². The van der Waals surface area contributed by atoms with Crippen LogP contribution in [0.15, 0.2) is 47.1 Å². The zero-order valence-electron chi connectivity index (χ0n) is 12.1. The third kappa shape index (κ3) is 3.05. The Labute approximate surface area is 133 Å². The van der Waals surface area contributed by atoms with E-state index in [0.717, 1.165) is 36.1 Å². The van der Waals surface area contributed by atoms with Gasteiger partial charge in [-0.2, -0.15) is 0 Å². The molecule has 0 spiro atoms. The Morgan fingerprint density at radius 1 is 1.19 bits per heavy atom. The van der Waals surface area contributed by atoms with Crippen LogP contribution < -0.4 is 0 Å². The van der Waals surface area contributed by atoms with Gasteiger partial charge in [-0.1, -0.05) is 30.3 Å². The van der Waals surface area contributed by atoms with E-state index in [-0.39, 0.29) is 5.91 Å². The average molecular weight is 347 g/mol. The van der Waals surface area contributed by atoms with E-state index in [1.165, 1.54) is 5.56 Å². The van der Waals surface area contributed by atoms with Crippen LogP contribution in [-0.4, -0.2) is 28.5 Å². The summed E-state index contributed by atoms with van der Waals surface area (Å²) >= 11 is 3.42. The molecule has 3 nitrogen and oxygen atoms in total. The molecule has 1 aliphatic heterocycles. The molecular formula is C17H19BrN2O. The van der Waals surface area contributed by atoms with Crippen molar-refractivity contribution in [3.63, 3.8) is 0 Å². The Balaban J connectivity index is 1.66. The third-order valence-corrected chi connectivity index (χ3v) is 4.68. The molecule has 3 rings (SSSR count). The minimum absolute atomic E-state index is 0.134. The number of carbonyl (C=O) groups is 1. The zero-order chi connectivity index (χ0) is 14.8. The second-order valence-electron chi connectivity index (χ2n) is 5.63. The Bertz CT molecular complexity index is 627. The second-order valence-corrected chi connectivity index (χ2v) is 6.55. The number of hydrogen-bond donors (Lipinski definition) is 0. The molecule has 1 saturated heterocycles. The molecular weight excluding hydrogens is 328 g/mol. The quantitative estimate of drug-likeness (QED) is 0.811. The lowest BCUT2D eigenvalue weighted by Crippen LogP contribution is -2.38. The van der Waals surface area contributed by atoms with Crippen LogP contribution in [0.25, 0.3) is 0 Å². The molecule has 0 atom stereocenters. The monoisotopic (exact) mass is 346 g/mol. The minimum atomic E-state index is 0.134. The van der Waals surface area contributed by atoms with Crippen molar-refractivity contribution in [2.45, 2.75) is 18.8 Å². The van der Waals surface area contributed by atoms with Crippen LogP contribution in [-0.2, 0) is 7.05 Å². The molecule has 2 heterocycles. The summed E-state index contributed by atoms with van der Waals surface area (Å²) in [5.74, 6) is 0.713. The lowest BCUT2D eigenvalue weighted by atomic mass is 9.89. The number of aryl methyl sites for hydroxylation is 1. The standard InChI is InChI=1S/C17H19BrN2O/c1-19-12-15(18)11-16(19)17(21)20-9-7-14(8-10-20)13-5-3-2-4-6-13/h2-6,11-12,14H,7-10H2,1H3. The first kappa shape index (κ1) is 14.4. The SMILES string of the molecule is Cn1cc(Br)cc1C(=O)N1CCC(c2ccccc2)CC1. The third-order valence-electron chi connectivity index (χ3n) is 4.24. The molecule has 0 radical (unpaired) electrons. The molecule has 1 amide bonds. The Hall–Kier alpha value is -1.55. The first-order valence-electron chi connectivity index (χ1n) is 7.31. The molecule has 21 heavy (non-hydrogen) atoms. The van der Waals surface area contributed by atoms with Crippen LogP contribution in [0.3, 0.4) is 0 Å². The highest BCUT2D eigenvalue weighted by molar-refractivity contribution is 9.10. The van der Waals surface area contributed by atoms with Gasteiger partial charge in [0.2, 0.25) is 0 Å². The summed E-state index contributed by atoms with van der Waals surface area (Å²) in [7, 11) is 1.91.